The summed E-state index contributed by atoms with van der Waals surface area (Å²) in [6, 6.07) is 4.13. The molecule has 0 radical (unpaired) electrons. The van der Waals surface area contributed by atoms with Crippen LogP contribution >= 0.6 is 0 Å². The van der Waals surface area contributed by atoms with Gasteiger partial charge in [-0.05, 0) is 33.2 Å². The Balaban J connectivity index is 2.47. The predicted molar refractivity (Wildman–Crippen MR) is 60.3 cm³/mol. The highest BCUT2D eigenvalue weighted by Gasteiger charge is 2.02. The average Bonchev–Trinajstić information content (AvgIpc) is 2.07. The van der Waals surface area contributed by atoms with E-state index in [2.05, 4.69) is 36.2 Å². The molecular formula is C10H18N4. The summed E-state index contributed by atoms with van der Waals surface area (Å²) < 4.78 is 0. The molecule has 0 spiro atoms. The van der Waals surface area contributed by atoms with Crippen molar-refractivity contribution in [1.29, 1.82) is 0 Å². The summed E-state index contributed by atoms with van der Waals surface area (Å²) in [5.41, 5.74) is 6.50. The lowest BCUT2D eigenvalue weighted by Crippen LogP contribution is -2.29. The quantitative estimate of drug-likeness (QED) is 0.751. The van der Waals surface area contributed by atoms with Crippen LogP contribution < -0.4 is 11.1 Å². The maximum absolute atomic E-state index is 5.49. The number of rotatable bonds is 4. The normalized spacial score (nSPS) is 12.9. The van der Waals surface area contributed by atoms with Gasteiger partial charge in [0.05, 0.1) is 11.9 Å². The molecular weight excluding hydrogens is 176 g/mol. The number of nitrogen functional groups attached to an aromatic ring is 1. The molecule has 3 N–H and O–H groups in total. The van der Waals surface area contributed by atoms with Gasteiger partial charge in [0.2, 0.25) is 0 Å². The van der Waals surface area contributed by atoms with Crippen molar-refractivity contribution in [2.45, 2.75) is 13.0 Å². The fourth-order valence-corrected chi connectivity index (χ4v) is 1.37. The number of likely N-dealkylation sites (N-methyl/N-ethyl adjacent to an activating group) is 1. The van der Waals surface area contributed by atoms with Crippen molar-refractivity contribution < 1.29 is 0 Å². The fraction of sp³-hybridized carbons (Fsp3) is 0.500. The second-order valence-electron chi connectivity index (χ2n) is 3.78. The summed E-state index contributed by atoms with van der Waals surface area (Å²) in [4.78, 5) is 6.15. The van der Waals surface area contributed by atoms with Crippen LogP contribution in [0, 0.1) is 0 Å². The third kappa shape index (κ3) is 3.62. The van der Waals surface area contributed by atoms with Crippen LogP contribution in [0.2, 0.25) is 0 Å². The first kappa shape index (κ1) is 10.8. The molecule has 4 heteroatoms. The van der Waals surface area contributed by atoms with Crippen LogP contribution in [0.4, 0.5) is 11.5 Å². The minimum absolute atomic E-state index is 0.399. The summed E-state index contributed by atoms with van der Waals surface area (Å²) in [5, 5.41) is 3.34. The zero-order chi connectivity index (χ0) is 10.6. The molecule has 14 heavy (non-hydrogen) atoms. The number of anilines is 2. The lowest BCUT2D eigenvalue weighted by atomic mass is 10.3. The van der Waals surface area contributed by atoms with Gasteiger partial charge < -0.3 is 16.0 Å². The van der Waals surface area contributed by atoms with Gasteiger partial charge in [-0.15, -0.1) is 0 Å². The van der Waals surface area contributed by atoms with E-state index in [0.717, 1.165) is 12.2 Å². The Morgan fingerprint density at radius 1 is 1.50 bits per heavy atom. The largest absolute Gasteiger partial charge is 0.384 e. The number of pyridine rings is 1. The molecule has 0 saturated carbocycles. The van der Waals surface area contributed by atoms with E-state index >= 15 is 0 Å². The van der Waals surface area contributed by atoms with Crippen molar-refractivity contribution in [3.05, 3.63) is 18.3 Å². The van der Waals surface area contributed by atoms with Crippen LogP contribution in [0.25, 0.3) is 0 Å². The highest BCUT2D eigenvalue weighted by atomic mass is 15.1. The predicted octanol–water partition coefficient (Wildman–Crippen LogP) is 1.03. The molecule has 0 bridgehead atoms. The summed E-state index contributed by atoms with van der Waals surface area (Å²) in [6.45, 7) is 3.13. The second kappa shape index (κ2) is 4.81. The molecule has 1 aromatic heterocycles. The Bertz CT molecular complexity index is 268. The topological polar surface area (TPSA) is 54.2 Å². The van der Waals surface area contributed by atoms with Crippen molar-refractivity contribution in [1.82, 2.24) is 9.88 Å². The average molecular weight is 194 g/mol. The molecule has 0 fully saturated rings. The first-order valence-electron chi connectivity index (χ1n) is 4.70. The summed E-state index contributed by atoms with van der Waals surface area (Å²) in [6.07, 6.45) is 1.75. The first-order chi connectivity index (χ1) is 6.58. The van der Waals surface area contributed by atoms with E-state index in [4.69, 9.17) is 5.73 Å². The van der Waals surface area contributed by atoms with E-state index in [1.807, 2.05) is 6.07 Å². The molecule has 4 nitrogen and oxygen atoms in total. The fourth-order valence-electron chi connectivity index (χ4n) is 1.37. The lowest BCUT2D eigenvalue weighted by Gasteiger charge is -2.19. The smallest absolute Gasteiger partial charge is 0.123 e. The number of nitrogens with one attached hydrogen (secondary N) is 1. The maximum atomic E-state index is 5.49. The molecule has 1 unspecified atom stereocenters. The van der Waals surface area contributed by atoms with Crippen LogP contribution in [0.15, 0.2) is 18.3 Å². The summed E-state index contributed by atoms with van der Waals surface area (Å²) >= 11 is 0. The SMILES string of the molecule is CC(CN(C)C)Nc1ccc(N)nc1. The highest BCUT2D eigenvalue weighted by Crippen LogP contribution is 2.08. The Hall–Kier alpha value is -1.29. The van der Waals surface area contributed by atoms with E-state index in [1.54, 1.807) is 12.3 Å². The zero-order valence-corrected chi connectivity index (χ0v) is 8.99. The van der Waals surface area contributed by atoms with Crippen molar-refractivity contribution in [2.75, 3.05) is 31.7 Å². The van der Waals surface area contributed by atoms with Gasteiger partial charge in [0.15, 0.2) is 0 Å². The Kier molecular flexibility index (Phi) is 3.71. The van der Waals surface area contributed by atoms with Gasteiger partial charge in [0.1, 0.15) is 5.82 Å². The highest BCUT2D eigenvalue weighted by molar-refractivity contribution is 5.45. The minimum Gasteiger partial charge on any atom is -0.384 e. The third-order valence-electron chi connectivity index (χ3n) is 1.84. The zero-order valence-electron chi connectivity index (χ0n) is 8.99. The molecule has 0 aliphatic rings. The van der Waals surface area contributed by atoms with E-state index in [-0.39, 0.29) is 0 Å². The maximum Gasteiger partial charge on any atom is 0.123 e. The molecule has 0 amide bonds. The van der Waals surface area contributed by atoms with Gasteiger partial charge in [-0.25, -0.2) is 4.98 Å². The van der Waals surface area contributed by atoms with Gasteiger partial charge >= 0.3 is 0 Å². The van der Waals surface area contributed by atoms with Gasteiger partial charge in [0, 0.05) is 12.6 Å². The molecule has 0 aliphatic heterocycles. The number of nitrogens with two attached hydrogens (primary N) is 1. The second-order valence-corrected chi connectivity index (χ2v) is 3.78. The van der Waals surface area contributed by atoms with Crippen LogP contribution in [0.1, 0.15) is 6.92 Å². The summed E-state index contributed by atoms with van der Waals surface area (Å²) in [5.74, 6) is 0.552. The number of nitrogens with zero attached hydrogens (tertiary/aromatic N) is 2. The first-order valence-corrected chi connectivity index (χ1v) is 4.70. The number of hydrogen-bond acceptors (Lipinski definition) is 4. The molecule has 0 saturated heterocycles. The number of aromatic nitrogens is 1. The van der Waals surface area contributed by atoms with Crippen molar-refractivity contribution in [3.8, 4) is 0 Å². The van der Waals surface area contributed by atoms with Crippen molar-refractivity contribution >= 4 is 11.5 Å². The van der Waals surface area contributed by atoms with E-state index in [0.29, 0.717) is 11.9 Å². The van der Waals surface area contributed by atoms with Gasteiger partial charge in [-0.3, -0.25) is 0 Å². The monoisotopic (exact) mass is 194 g/mol. The number of hydrogen-bond donors (Lipinski definition) is 2. The molecule has 0 aromatic carbocycles. The van der Waals surface area contributed by atoms with Gasteiger partial charge in [-0.2, -0.15) is 0 Å². The molecule has 1 rings (SSSR count). The molecule has 1 aromatic rings. The minimum atomic E-state index is 0.399. The van der Waals surface area contributed by atoms with E-state index in [1.165, 1.54) is 0 Å². The van der Waals surface area contributed by atoms with Crippen molar-refractivity contribution in [2.24, 2.45) is 0 Å². The molecule has 1 heterocycles. The van der Waals surface area contributed by atoms with Crippen LogP contribution in [-0.2, 0) is 0 Å². The van der Waals surface area contributed by atoms with Gasteiger partial charge in [-0.1, -0.05) is 0 Å². The molecule has 0 aliphatic carbocycles. The Morgan fingerprint density at radius 2 is 2.21 bits per heavy atom. The summed E-state index contributed by atoms with van der Waals surface area (Å²) in [7, 11) is 4.11. The van der Waals surface area contributed by atoms with Crippen molar-refractivity contribution in [3.63, 3.8) is 0 Å². The lowest BCUT2D eigenvalue weighted by molar-refractivity contribution is 0.392. The van der Waals surface area contributed by atoms with Crippen LogP contribution in [0.3, 0.4) is 0 Å². The van der Waals surface area contributed by atoms with Crippen LogP contribution in [-0.4, -0.2) is 36.6 Å². The molecule has 1 atom stereocenters. The Labute approximate surface area is 85.1 Å². The standard InChI is InChI=1S/C10H18N4/c1-8(7-14(2)3)13-9-4-5-10(11)12-6-9/h4-6,8,13H,7H2,1-3H3,(H2,11,12). The molecule has 78 valence electrons. The van der Waals surface area contributed by atoms with E-state index < -0.39 is 0 Å². The Morgan fingerprint density at radius 3 is 2.71 bits per heavy atom. The van der Waals surface area contributed by atoms with E-state index in [9.17, 15) is 0 Å². The van der Waals surface area contributed by atoms with Gasteiger partial charge in [0.25, 0.3) is 0 Å². The third-order valence-corrected chi connectivity index (χ3v) is 1.84. The van der Waals surface area contributed by atoms with Crippen LogP contribution in [0.5, 0.6) is 0 Å².